The largest absolute Gasteiger partial charge is 0.482 e. The van der Waals surface area contributed by atoms with Crippen LogP contribution in [0.2, 0.25) is 5.02 Å². The van der Waals surface area contributed by atoms with Crippen molar-refractivity contribution in [3.8, 4) is 5.75 Å². The zero-order chi connectivity index (χ0) is 31.1. The fourth-order valence-electron chi connectivity index (χ4n) is 7.74. The Hall–Kier alpha value is -3.29. The number of carbonyl (C=O) groups excluding carboxylic acids is 3. The van der Waals surface area contributed by atoms with E-state index in [9.17, 15) is 32.3 Å². The Kier molecular flexibility index (Phi) is 7.13. The Bertz CT molecular complexity index is 1760. The van der Waals surface area contributed by atoms with E-state index in [4.69, 9.17) is 21.1 Å². The van der Waals surface area contributed by atoms with Crippen LogP contribution in [0.1, 0.15) is 35.3 Å². The van der Waals surface area contributed by atoms with Crippen molar-refractivity contribution in [2.45, 2.75) is 35.7 Å². The number of rotatable bonds is 6. The summed E-state index contributed by atoms with van der Waals surface area (Å²) in [6, 6.07) is 9.61. The molecular formula is C30H24ClF3N2O6S2. The Balaban J connectivity index is 1.30. The molecule has 2 aliphatic carbocycles. The van der Waals surface area contributed by atoms with Crippen LogP contribution < -0.4 is 14.5 Å². The van der Waals surface area contributed by atoms with E-state index in [2.05, 4.69) is 4.98 Å². The lowest BCUT2D eigenvalue weighted by molar-refractivity contribution is -0.145. The zero-order valence-corrected chi connectivity index (χ0v) is 25.3. The summed E-state index contributed by atoms with van der Waals surface area (Å²) in [5.74, 6) is -4.43. The van der Waals surface area contributed by atoms with Gasteiger partial charge in [0.25, 0.3) is 0 Å². The number of ether oxygens (including phenoxy) is 2. The van der Waals surface area contributed by atoms with Gasteiger partial charge < -0.3 is 14.5 Å². The third kappa shape index (κ3) is 4.49. The third-order valence-electron chi connectivity index (χ3n) is 9.13. The molecule has 230 valence electrons. The number of halogens is 4. The molecule has 2 bridgehead atoms. The van der Waals surface area contributed by atoms with Crippen LogP contribution in [0.5, 0.6) is 5.75 Å². The van der Waals surface area contributed by atoms with Crippen LogP contribution >= 0.6 is 34.7 Å². The van der Waals surface area contributed by atoms with Crippen molar-refractivity contribution in [3.63, 3.8) is 0 Å². The SMILES string of the molecule is CCOC(=O)COc1ccc(Cl)cc1[C@H]1c2sc(=O)[nH]c2SC2C3CC(C4C(=O)N(c5ccccc5C(F)(F)F)C(=O)C34)C21. The molecule has 14 heteroatoms. The Labute approximate surface area is 261 Å². The smallest absolute Gasteiger partial charge is 0.418 e. The first kappa shape index (κ1) is 29.4. The molecule has 3 fully saturated rings. The number of benzene rings is 2. The van der Waals surface area contributed by atoms with Crippen molar-refractivity contribution in [2.24, 2.45) is 29.6 Å². The van der Waals surface area contributed by atoms with Crippen LogP contribution in [0.4, 0.5) is 18.9 Å². The van der Waals surface area contributed by atoms with Gasteiger partial charge in [0, 0.05) is 26.6 Å². The minimum absolute atomic E-state index is 0.183. The number of anilines is 1. The number of hydrogen-bond acceptors (Lipinski definition) is 8. The number of H-pyrrole nitrogens is 1. The van der Waals surface area contributed by atoms with E-state index in [1.165, 1.54) is 23.9 Å². The number of amides is 2. The third-order valence-corrected chi connectivity index (χ3v) is 12.0. The van der Waals surface area contributed by atoms with Crippen LogP contribution in [0.3, 0.4) is 0 Å². The number of esters is 1. The van der Waals surface area contributed by atoms with Gasteiger partial charge in [0.15, 0.2) is 6.61 Å². The van der Waals surface area contributed by atoms with Gasteiger partial charge in [0.05, 0.1) is 34.7 Å². The summed E-state index contributed by atoms with van der Waals surface area (Å²) in [5.41, 5.74) is -0.876. The summed E-state index contributed by atoms with van der Waals surface area (Å²) in [6.07, 6.45) is -4.21. The number of fused-ring (bicyclic) bond motifs is 9. The molecule has 6 unspecified atom stereocenters. The summed E-state index contributed by atoms with van der Waals surface area (Å²) in [6.45, 7) is 1.51. The molecule has 0 radical (unpaired) electrons. The van der Waals surface area contributed by atoms with Crippen LogP contribution in [-0.4, -0.2) is 41.2 Å². The maximum Gasteiger partial charge on any atom is 0.418 e. The first-order chi connectivity index (χ1) is 21.0. The van der Waals surface area contributed by atoms with Gasteiger partial charge in [-0.15, -0.1) is 11.8 Å². The number of imide groups is 1. The lowest BCUT2D eigenvalue weighted by Gasteiger charge is -2.43. The van der Waals surface area contributed by atoms with Gasteiger partial charge in [-0.2, -0.15) is 13.2 Å². The van der Waals surface area contributed by atoms with Gasteiger partial charge in [-0.05, 0) is 61.4 Å². The maximum absolute atomic E-state index is 14.0. The molecule has 3 heterocycles. The highest BCUT2D eigenvalue weighted by Crippen LogP contribution is 2.69. The molecule has 3 aromatic rings. The van der Waals surface area contributed by atoms with E-state index < -0.39 is 53.0 Å². The average Bonchev–Trinajstić information content (AvgIpc) is 3.70. The lowest BCUT2D eigenvalue weighted by atomic mass is 9.68. The van der Waals surface area contributed by atoms with E-state index in [0.717, 1.165) is 33.2 Å². The summed E-state index contributed by atoms with van der Waals surface area (Å²) in [7, 11) is 0. The number of alkyl halides is 3. The van der Waals surface area contributed by atoms with Crippen molar-refractivity contribution >= 4 is 58.2 Å². The molecule has 7 atom stereocenters. The van der Waals surface area contributed by atoms with Gasteiger partial charge in [0.2, 0.25) is 11.8 Å². The number of thioether (sulfide) groups is 1. The summed E-state index contributed by atoms with van der Waals surface area (Å²) >= 11 is 8.94. The molecule has 1 aromatic heterocycles. The Morgan fingerprint density at radius 1 is 1.09 bits per heavy atom. The molecule has 7 rings (SSSR count). The van der Waals surface area contributed by atoms with Crippen molar-refractivity contribution in [1.29, 1.82) is 0 Å². The van der Waals surface area contributed by atoms with Gasteiger partial charge in [0.1, 0.15) is 5.75 Å². The van der Waals surface area contributed by atoms with Gasteiger partial charge >= 0.3 is 17.0 Å². The fourth-order valence-corrected chi connectivity index (χ4v) is 10.8. The van der Waals surface area contributed by atoms with Crippen molar-refractivity contribution in [1.82, 2.24) is 4.98 Å². The Morgan fingerprint density at radius 2 is 1.82 bits per heavy atom. The number of nitrogens with one attached hydrogen (secondary N) is 1. The number of aromatic nitrogens is 1. The minimum Gasteiger partial charge on any atom is -0.482 e. The maximum atomic E-state index is 14.0. The quantitative estimate of drug-likeness (QED) is 0.265. The summed E-state index contributed by atoms with van der Waals surface area (Å²) in [5, 5.41) is 0.823. The fraction of sp³-hybridized carbons (Fsp3) is 0.400. The number of para-hydroxylation sites is 1. The minimum atomic E-state index is -4.75. The standard InChI is InChI=1S/C30H24ClF3N2O6S2/c1-2-41-19(37)11-42-18-8-7-12(31)9-13(18)20-21-14-10-15(24(21)43-26-25(20)44-29(40)35-26)23-22(14)27(38)36(28(23)39)17-6-4-3-5-16(17)30(32,33)34/h3-9,14-15,20-24H,2,10-11H2,1H3,(H,35,40)/t14?,15?,20-,21?,22?,23?,24?/m1/s1. The topological polar surface area (TPSA) is 106 Å². The summed E-state index contributed by atoms with van der Waals surface area (Å²) < 4.78 is 52.7. The van der Waals surface area contributed by atoms with Crippen LogP contribution in [0.25, 0.3) is 0 Å². The van der Waals surface area contributed by atoms with E-state index in [1.54, 1.807) is 25.1 Å². The van der Waals surface area contributed by atoms with E-state index in [0.29, 0.717) is 27.8 Å². The monoisotopic (exact) mass is 664 g/mol. The van der Waals surface area contributed by atoms with Crippen molar-refractivity contribution in [3.05, 3.63) is 73.2 Å². The van der Waals surface area contributed by atoms with Gasteiger partial charge in [-0.1, -0.05) is 35.1 Å². The van der Waals surface area contributed by atoms with E-state index in [-0.39, 0.29) is 41.1 Å². The summed E-state index contributed by atoms with van der Waals surface area (Å²) in [4.78, 5) is 56.6. The molecule has 2 saturated carbocycles. The number of thiazole rings is 1. The van der Waals surface area contributed by atoms with Crippen LogP contribution in [0, 0.1) is 29.6 Å². The molecule has 1 saturated heterocycles. The highest BCUT2D eigenvalue weighted by atomic mass is 35.5. The highest BCUT2D eigenvalue weighted by molar-refractivity contribution is 8.00. The number of nitrogens with zero attached hydrogens (tertiary/aromatic N) is 1. The Morgan fingerprint density at radius 3 is 2.55 bits per heavy atom. The van der Waals surface area contributed by atoms with Crippen molar-refractivity contribution in [2.75, 3.05) is 18.1 Å². The second-order valence-corrected chi connectivity index (χ2v) is 13.9. The highest BCUT2D eigenvalue weighted by Gasteiger charge is 2.70. The molecule has 0 spiro atoms. The second kappa shape index (κ2) is 10.7. The normalized spacial score (nSPS) is 28.6. The predicted molar refractivity (Wildman–Crippen MR) is 156 cm³/mol. The molecule has 2 aliphatic heterocycles. The molecular weight excluding hydrogens is 641 g/mol. The van der Waals surface area contributed by atoms with E-state index >= 15 is 0 Å². The molecule has 2 amide bonds. The molecule has 44 heavy (non-hydrogen) atoms. The van der Waals surface area contributed by atoms with Crippen LogP contribution in [-0.2, 0) is 25.3 Å². The zero-order valence-electron chi connectivity index (χ0n) is 22.9. The molecule has 8 nitrogen and oxygen atoms in total. The molecule has 1 N–H and O–H groups in total. The van der Waals surface area contributed by atoms with Crippen molar-refractivity contribution < 1.29 is 37.0 Å². The molecule has 4 aliphatic rings. The van der Waals surface area contributed by atoms with E-state index in [1.807, 2.05) is 0 Å². The number of aromatic amines is 1. The second-order valence-electron chi connectivity index (χ2n) is 11.3. The molecule has 2 aromatic carbocycles. The first-order valence-electron chi connectivity index (χ1n) is 14.0. The average molecular weight is 665 g/mol. The van der Waals surface area contributed by atoms with Gasteiger partial charge in [-0.25, -0.2) is 9.69 Å². The van der Waals surface area contributed by atoms with Gasteiger partial charge in [-0.3, -0.25) is 14.4 Å². The predicted octanol–water partition coefficient (Wildman–Crippen LogP) is 5.73. The van der Waals surface area contributed by atoms with Crippen LogP contribution in [0.15, 0.2) is 52.3 Å². The number of carbonyl (C=O) groups is 3. The lowest BCUT2D eigenvalue weighted by Crippen LogP contribution is -2.42. The number of hydrogen-bond donors (Lipinski definition) is 1. The first-order valence-corrected chi connectivity index (χ1v) is 16.1.